The van der Waals surface area contributed by atoms with Crippen molar-refractivity contribution in [3.05, 3.63) is 93.1 Å². The second-order valence-electron chi connectivity index (χ2n) is 8.33. The molecule has 0 bridgehead atoms. The molecule has 0 radical (unpaired) electrons. The van der Waals surface area contributed by atoms with Crippen LogP contribution in [0.3, 0.4) is 0 Å². The monoisotopic (exact) mass is 463 g/mol. The zero-order chi connectivity index (χ0) is 22.1. The van der Waals surface area contributed by atoms with Crippen molar-refractivity contribution >= 4 is 40.5 Å². The number of halogens is 2. The van der Waals surface area contributed by atoms with Gasteiger partial charge in [-0.3, -0.25) is 9.79 Å². The van der Waals surface area contributed by atoms with Gasteiger partial charge in [0, 0.05) is 53.3 Å². The highest BCUT2D eigenvalue weighted by Gasteiger charge is 2.27. The lowest BCUT2D eigenvalue weighted by molar-refractivity contribution is -0.119. The van der Waals surface area contributed by atoms with Crippen molar-refractivity contribution in [3.8, 4) is 0 Å². The summed E-state index contributed by atoms with van der Waals surface area (Å²) in [7, 11) is 0. The summed E-state index contributed by atoms with van der Waals surface area (Å²) >= 11 is 12.7. The highest BCUT2D eigenvalue weighted by molar-refractivity contribution is 6.32. The van der Waals surface area contributed by atoms with Crippen molar-refractivity contribution in [1.29, 1.82) is 0 Å². The molecule has 6 heteroatoms. The van der Waals surface area contributed by atoms with Gasteiger partial charge < -0.3 is 4.90 Å². The number of hydrogen-bond acceptors (Lipinski definition) is 4. The molecule has 3 heterocycles. The zero-order valence-electron chi connectivity index (χ0n) is 17.6. The zero-order valence-corrected chi connectivity index (χ0v) is 19.1. The predicted octanol–water partition coefficient (Wildman–Crippen LogP) is 5.56. The van der Waals surface area contributed by atoms with Gasteiger partial charge in [0.1, 0.15) is 11.9 Å². The van der Waals surface area contributed by atoms with Crippen molar-refractivity contribution in [3.63, 3.8) is 0 Å². The molecule has 0 amide bonds. The summed E-state index contributed by atoms with van der Waals surface area (Å²) in [5.74, 6) is 1.06. The Balaban J connectivity index is 1.56. The van der Waals surface area contributed by atoms with Crippen LogP contribution in [-0.4, -0.2) is 35.6 Å². The summed E-state index contributed by atoms with van der Waals surface area (Å²) in [6.07, 6.45) is 5.04. The Morgan fingerprint density at radius 2 is 1.81 bits per heavy atom. The Morgan fingerprint density at radius 1 is 1.00 bits per heavy atom. The van der Waals surface area contributed by atoms with E-state index in [9.17, 15) is 4.79 Å². The van der Waals surface area contributed by atoms with Gasteiger partial charge in [0.05, 0.1) is 5.71 Å². The predicted molar refractivity (Wildman–Crippen MR) is 130 cm³/mol. The second kappa shape index (κ2) is 9.05. The molecule has 0 aliphatic carbocycles. The fourth-order valence-electron chi connectivity index (χ4n) is 4.45. The third kappa shape index (κ3) is 4.30. The number of anilines is 1. The van der Waals surface area contributed by atoms with Crippen LogP contribution in [0.15, 0.2) is 65.8 Å². The maximum atomic E-state index is 13.2. The fourth-order valence-corrected chi connectivity index (χ4v) is 4.83. The number of Topliss-reactive ketones (excluding diaryl/α,β-unsaturated/α-hetero) is 1. The van der Waals surface area contributed by atoms with Crippen molar-refractivity contribution in [1.82, 2.24) is 4.98 Å². The van der Waals surface area contributed by atoms with E-state index in [1.54, 1.807) is 0 Å². The Kier molecular flexibility index (Phi) is 5.99. The van der Waals surface area contributed by atoms with E-state index in [2.05, 4.69) is 4.90 Å². The first kappa shape index (κ1) is 21.2. The quantitative estimate of drug-likeness (QED) is 0.508. The molecule has 3 aromatic rings. The van der Waals surface area contributed by atoms with Gasteiger partial charge in [-0.2, -0.15) is 0 Å². The summed E-state index contributed by atoms with van der Waals surface area (Å²) in [6, 6.07) is 16.8. The van der Waals surface area contributed by atoms with Crippen LogP contribution in [0.4, 0.5) is 5.82 Å². The van der Waals surface area contributed by atoms with E-state index < -0.39 is 6.04 Å². The minimum atomic E-state index is -0.519. The van der Waals surface area contributed by atoms with E-state index in [-0.39, 0.29) is 5.78 Å². The van der Waals surface area contributed by atoms with Gasteiger partial charge in [-0.15, -0.1) is 0 Å². The first-order chi connectivity index (χ1) is 15.6. The number of carbonyl (C=O) groups excluding carboxylic acids is 1. The fraction of sp³-hybridized carbons (Fsp3) is 0.269. The van der Waals surface area contributed by atoms with Gasteiger partial charge in [0.25, 0.3) is 0 Å². The van der Waals surface area contributed by atoms with E-state index in [1.807, 2.05) is 60.8 Å². The highest BCUT2D eigenvalue weighted by Crippen LogP contribution is 2.28. The Hall–Kier alpha value is -2.69. The SMILES string of the molecule is O=C1Cc2ccc(Cl)cc2C(c2ccc(N3CCCC3)nc2)=NC1Cc1ccccc1Cl. The number of aliphatic imine (C=N–C) groups is 1. The van der Waals surface area contributed by atoms with Crippen molar-refractivity contribution in [2.45, 2.75) is 31.7 Å². The van der Waals surface area contributed by atoms with Crippen molar-refractivity contribution < 1.29 is 4.79 Å². The number of fused-ring (bicyclic) bond motifs is 1. The summed E-state index contributed by atoms with van der Waals surface area (Å²) in [6.45, 7) is 2.08. The number of ketones is 1. The standard InChI is InChI=1S/C26H23Cl2N3O/c27-20-9-7-17-14-24(32)23(13-18-5-1-2-6-22(18)28)30-26(21(17)15-20)19-8-10-25(29-16-19)31-11-3-4-12-31/h1-2,5-10,15-16,23H,3-4,11-14H2. The smallest absolute Gasteiger partial charge is 0.162 e. The molecule has 1 fully saturated rings. The molecule has 2 aliphatic heterocycles. The molecule has 0 saturated carbocycles. The Bertz CT molecular complexity index is 1180. The summed E-state index contributed by atoms with van der Waals surface area (Å²) in [4.78, 5) is 25.2. The molecule has 0 spiro atoms. The van der Waals surface area contributed by atoms with Crippen LogP contribution in [0.25, 0.3) is 0 Å². The number of aromatic nitrogens is 1. The number of pyridine rings is 1. The van der Waals surface area contributed by atoms with Gasteiger partial charge in [-0.05, 0) is 54.3 Å². The molecule has 162 valence electrons. The summed E-state index contributed by atoms with van der Waals surface area (Å²) in [5, 5.41) is 1.27. The van der Waals surface area contributed by atoms with Gasteiger partial charge in [-0.25, -0.2) is 4.98 Å². The maximum Gasteiger partial charge on any atom is 0.162 e. The number of rotatable bonds is 4. The molecule has 1 atom stereocenters. The third-order valence-electron chi connectivity index (χ3n) is 6.17. The minimum Gasteiger partial charge on any atom is -0.357 e. The molecule has 1 saturated heterocycles. The van der Waals surface area contributed by atoms with E-state index in [1.165, 1.54) is 12.8 Å². The van der Waals surface area contributed by atoms with Crippen LogP contribution in [0.5, 0.6) is 0 Å². The first-order valence-corrected chi connectivity index (χ1v) is 11.7. The summed E-state index contributed by atoms with van der Waals surface area (Å²) in [5.41, 5.74) is 4.38. The van der Waals surface area contributed by atoms with Crippen LogP contribution in [0, 0.1) is 0 Å². The van der Waals surface area contributed by atoms with Crippen molar-refractivity contribution in [2.75, 3.05) is 18.0 Å². The largest absolute Gasteiger partial charge is 0.357 e. The molecule has 2 aliphatic rings. The van der Waals surface area contributed by atoms with Crippen LogP contribution < -0.4 is 4.90 Å². The van der Waals surface area contributed by atoms with Gasteiger partial charge in [0.2, 0.25) is 0 Å². The highest BCUT2D eigenvalue weighted by atomic mass is 35.5. The molecular formula is C26H23Cl2N3O. The van der Waals surface area contributed by atoms with E-state index in [0.717, 1.165) is 46.9 Å². The average molecular weight is 464 g/mol. The Morgan fingerprint density at radius 3 is 2.56 bits per heavy atom. The number of hydrogen-bond donors (Lipinski definition) is 0. The van der Waals surface area contributed by atoms with Crippen LogP contribution in [0.2, 0.25) is 10.0 Å². The lowest BCUT2D eigenvalue weighted by atomic mass is 9.95. The lowest BCUT2D eigenvalue weighted by Gasteiger charge is -2.17. The maximum absolute atomic E-state index is 13.2. The number of nitrogens with zero attached hydrogens (tertiary/aromatic N) is 3. The number of benzene rings is 2. The lowest BCUT2D eigenvalue weighted by Crippen LogP contribution is -2.23. The van der Waals surface area contributed by atoms with E-state index >= 15 is 0 Å². The van der Waals surface area contributed by atoms with Gasteiger partial charge in [-0.1, -0.05) is 47.5 Å². The van der Waals surface area contributed by atoms with Crippen LogP contribution in [0.1, 0.15) is 35.1 Å². The second-order valence-corrected chi connectivity index (χ2v) is 9.18. The van der Waals surface area contributed by atoms with Crippen molar-refractivity contribution in [2.24, 2.45) is 4.99 Å². The molecule has 2 aromatic carbocycles. The van der Waals surface area contributed by atoms with Gasteiger partial charge in [0.15, 0.2) is 5.78 Å². The van der Waals surface area contributed by atoms with Gasteiger partial charge >= 0.3 is 0 Å². The normalized spacial score (nSPS) is 18.3. The molecule has 4 nitrogen and oxygen atoms in total. The molecular weight excluding hydrogens is 441 g/mol. The topological polar surface area (TPSA) is 45.6 Å². The molecule has 32 heavy (non-hydrogen) atoms. The first-order valence-electron chi connectivity index (χ1n) is 10.9. The minimum absolute atomic E-state index is 0.0742. The molecule has 1 aromatic heterocycles. The molecule has 1 unspecified atom stereocenters. The van der Waals surface area contributed by atoms with Crippen LogP contribution in [-0.2, 0) is 17.6 Å². The molecule has 5 rings (SSSR count). The molecule has 0 N–H and O–H groups in total. The average Bonchev–Trinajstić information content (AvgIpc) is 3.30. The number of carbonyl (C=O) groups is 1. The summed E-state index contributed by atoms with van der Waals surface area (Å²) < 4.78 is 0. The van der Waals surface area contributed by atoms with Crippen LogP contribution >= 0.6 is 23.2 Å². The third-order valence-corrected chi connectivity index (χ3v) is 6.77. The van der Waals surface area contributed by atoms with E-state index in [0.29, 0.717) is 22.9 Å². The van der Waals surface area contributed by atoms with E-state index in [4.69, 9.17) is 33.2 Å². The Labute approximate surface area is 197 Å².